The summed E-state index contributed by atoms with van der Waals surface area (Å²) in [7, 11) is 0. The highest BCUT2D eigenvalue weighted by molar-refractivity contribution is 6.23. The zero-order chi connectivity index (χ0) is 26.1. The quantitative estimate of drug-likeness (QED) is 0.474. The molecule has 2 aliphatic carbocycles. The van der Waals surface area contributed by atoms with Crippen molar-refractivity contribution in [3.8, 4) is 11.4 Å². The Morgan fingerprint density at radius 3 is 1.42 bits per heavy atom. The SMILES string of the molecule is CC1(C)CC(=O)C(=CNc2nc(NC=C3C(=O)CC(C)(C)CC3=O)nc(-c3ccccc3)n2)C(=O)C1. The summed E-state index contributed by atoms with van der Waals surface area (Å²) in [5, 5.41) is 5.72. The summed E-state index contributed by atoms with van der Waals surface area (Å²) in [5.74, 6) is -0.404. The highest BCUT2D eigenvalue weighted by Gasteiger charge is 2.36. The lowest BCUT2D eigenvalue weighted by molar-refractivity contribution is -0.129. The van der Waals surface area contributed by atoms with E-state index in [4.69, 9.17) is 0 Å². The van der Waals surface area contributed by atoms with Gasteiger partial charge in [0, 0.05) is 43.6 Å². The van der Waals surface area contributed by atoms with Crippen LogP contribution in [0.3, 0.4) is 0 Å². The van der Waals surface area contributed by atoms with Crippen molar-refractivity contribution in [3.63, 3.8) is 0 Å². The van der Waals surface area contributed by atoms with Gasteiger partial charge in [-0.2, -0.15) is 15.0 Å². The Labute approximate surface area is 209 Å². The van der Waals surface area contributed by atoms with Crippen molar-refractivity contribution in [2.45, 2.75) is 53.4 Å². The average molecular weight is 488 g/mol. The Morgan fingerprint density at radius 2 is 1.03 bits per heavy atom. The number of aromatic nitrogens is 3. The minimum absolute atomic E-state index is 0.0774. The van der Waals surface area contributed by atoms with Gasteiger partial charge in [0.2, 0.25) is 11.9 Å². The number of nitrogens with one attached hydrogen (secondary N) is 2. The number of rotatable bonds is 5. The van der Waals surface area contributed by atoms with Gasteiger partial charge in [0.05, 0.1) is 11.1 Å². The number of nitrogens with zero attached hydrogens (tertiary/aromatic N) is 3. The molecule has 186 valence electrons. The number of ketones is 4. The maximum absolute atomic E-state index is 12.5. The predicted octanol–water partition coefficient (Wildman–Crippen LogP) is 4.05. The molecule has 9 heteroatoms. The molecule has 36 heavy (non-hydrogen) atoms. The molecule has 1 aromatic heterocycles. The Kier molecular flexibility index (Phi) is 6.67. The monoisotopic (exact) mass is 487 g/mol. The molecule has 2 fully saturated rings. The van der Waals surface area contributed by atoms with Gasteiger partial charge < -0.3 is 10.6 Å². The highest BCUT2D eigenvalue weighted by atomic mass is 16.2. The second-order valence-electron chi connectivity index (χ2n) is 10.8. The molecule has 0 atom stereocenters. The van der Waals surface area contributed by atoms with Gasteiger partial charge in [-0.1, -0.05) is 58.0 Å². The van der Waals surface area contributed by atoms with Crippen LogP contribution in [0.2, 0.25) is 0 Å². The molecule has 0 radical (unpaired) electrons. The Hall–Kier alpha value is -4.01. The van der Waals surface area contributed by atoms with Crippen LogP contribution in [0.25, 0.3) is 11.4 Å². The lowest BCUT2D eigenvalue weighted by atomic mass is 9.74. The van der Waals surface area contributed by atoms with Gasteiger partial charge in [-0.05, 0) is 10.8 Å². The van der Waals surface area contributed by atoms with E-state index in [1.165, 1.54) is 12.4 Å². The van der Waals surface area contributed by atoms with Crippen LogP contribution in [-0.2, 0) is 19.2 Å². The number of carbonyl (C=O) groups excluding carboxylic acids is 4. The summed E-state index contributed by atoms with van der Waals surface area (Å²) in [6, 6.07) is 9.19. The average Bonchev–Trinajstić information content (AvgIpc) is 2.77. The van der Waals surface area contributed by atoms with Gasteiger partial charge in [0.1, 0.15) is 0 Å². The summed E-state index contributed by atoms with van der Waals surface area (Å²) < 4.78 is 0. The first kappa shape index (κ1) is 25.1. The molecule has 0 bridgehead atoms. The molecule has 0 amide bonds. The third kappa shape index (κ3) is 5.79. The smallest absolute Gasteiger partial charge is 0.232 e. The van der Waals surface area contributed by atoms with Crippen molar-refractivity contribution in [3.05, 3.63) is 53.9 Å². The van der Waals surface area contributed by atoms with Crippen molar-refractivity contribution in [1.29, 1.82) is 0 Å². The first-order chi connectivity index (χ1) is 16.9. The van der Waals surface area contributed by atoms with Gasteiger partial charge in [-0.15, -0.1) is 0 Å². The summed E-state index contributed by atoms with van der Waals surface area (Å²) in [6.45, 7) is 7.56. The molecule has 4 rings (SSSR count). The number of hydrogen-bond donors (Lipinski definition) is 2. The molecule has 1 heterocycles. The maximum Gasteiger partial charge on any atom is 0.232 e. The molecule has 0 unspecified atom stereocenters. The van der Waals surface area contributed by atoms with Crippen LogP contribution < -0.4 is 10.6 Å². The van der Waals surface area contributed by atoms with E-state index in [0.29, 0.717) is 11.4 Å². The van der Waals surface area contributed by atoms with E-state index in [2.05, 4.69) is 25.6 Å². The van der Waals surface area contributed by atoms with E-state index in [0.717, 1.165) is 0 Å². The van der Waals surface area contributed by atoms with E-state index in [1.807, 2.05) is 58.0 Å². The van der Waals surface area contributed by atoms with Crippen molar-refractivity contribution in [1.82, 2.24) is 15.0 Å². The third-order valence-electron chi connectivity index (χ3n) is 6.12. The van der Waals surface area contributed by atoms with E-state index < -0.39 is 0 Å². The second-order valence-corrected chi connectivity index (χ2v) is 10.8. The van der Waals surface area contributed by atoms with E-state index >= 15 is 0 Å². The molecule has 0 spiro atoms. The highest BCUT2D eigenvalue weighted by Crippen LogP contribution is 2.34. The fraction of sp³-hybridized carbons (Fsp3) is 0.370. The van der Waals surface area contributed by atoms with E-state index in [1.54, 1.807) is 0 Å². The molecule has 2 aromatic rings. The zero-order valence-electron chi connectivity index (χ0n) is 20.8. The molecule has 0 saturated heterocycles. The van der Waals surface area contributed by atoms with Gasteiger partial charge >= 0.3 is 0 Å². The maximum atomic E-state index is 12.5. The Balaban J connectivity index is 1.64. The first-order valence-electron chi connectivity index (χ1n) is 11.8. The minimum Gasteiger partial charge on any atom is -0.330 e. The predicted molar refractivity (Wildman–Crippen MR) is 135 cm³/mol. The largest absolute Gasteiger partial charge is 0.330 e. The van der Waals surface area contributed by atoms with Crippen molar-refractivity contribution < 1.29 is 19.2 Å². The van der Waals surface area contributed by atoms with Gasteiger partial charge in [-0.25, -0.2) is 0 Å². The van der Waals surface area contributed by atoms with Crippen molar-refractivity contribution >= 4 is 35.0 Å². The van der Waals surface area contributed by atoms with Crippen LogP contribution in [0.5, 0.6) is 0 Å². The molecule has 2 aliphatic rings. The Bertz CT molecular complexity index is 1190. The number of Topliss-reactive ketones (excluding diaryl/α,β-unsaturated/α-hetero) is 4. The second kappa shape index (κ2) is 9.56. The normalized spacial score (nSPS) is 19.2. The molecule has 9 nitrogen and oxygen atoms in total. The van der Waals surface area contributed by atoms with Crippen molar-refractivity contribution in [2.24, 2.45) is 10.8 Å². The van der Waals surface area contributed by atoms with E-state index in [-0.39, 0.29) is 82.7 Å². The van der Waals surface area contributed by atoms with Gasteiger partial charge in [-0.3, -0.25) is 19.2 Å². The lowest BCUT2D eigenvalue weighted by Gasteiger charge is -2.28. The number of allylic oxidation sites excluding steroid dienone is 2. The summed E-state index contributed by atoms with van der Waals surface area (Å²) in [6.07, 6.45) is 3.77. The van der Waals surface area contributed by atoms with Crippen molar-refractivity contribution in [2.75, 3.05) is 10.6 Å². The lowest BCUT2D eigenvalue weighted by Crippen LogP contribution is -2.32. The number of benzene rings is 1. The number of anilines is 2. The molecule has 2 saturated carbocycles. The molecule has 2 N–H and O–H groups in total. The fourth-order valence-corrected chi connectivity index (χ4v) is 4.37. The molecule has 1 aromatic carbocycles. The fourth-order valence-electron chi connectivity index (χ4n) is 4.37. The first-order valence-corrected chi connectivity index (χ1v) is 11.8. The van der Waals surface area contributed by atoms with Crippen LogP contribution in [0, 0.1) is 10.8 Å². The molecule has 0 aliphatic heterocycles. The topological polar surface area (TPSA) is 131 Å². The molecular weight excluding hydrogens is 458 g/mol. The summed E-state index contributed by atoms with van der Waals surface area (Å²) >= 11 is 0. The number of hydrogen-bond acceptors (Lipinski definition) is 9. The molecular formula is C27H29N5O4. The van der Waals surface area contributed by atoms with Crippen LogP contribution >= 0.6 is 0 Å². The summed E-state index contributed by atoms with van der Waals surface area (Å²) in [4.78, 5) is 63.2. The zero-order valence-corrected chi connectivity index (χ0v) is 20.8. The minimum atomic E-state index is -0.368. The summed E-state index contributed by atoms with van der Waals surface area (Å²) in [5.41, 5.74) is 0.131. The third-order valence-corrected chi connectivity index (χ3v) is 6.12. The Morgan fingerprint density at radius 1 is 0.639 bits per heavy atom. The van der Waals surface area contributed by atoms with Crippen LogP contribution in [-0.4, -0.2) is 38.1 Å². The van der Waals surface area contributed by atoms with Gasteiger partial charge in [0.25, 0.3) is 0 Å². The standard InChI is InChI=1S/C27H29N5O4/c1-26(2)10-19(33)17(20(34)11-26)14-28-24-30-23(16-8-6-5-7-9-16)31-25(32-24)29-15-18-21(35)12-27(3,4)13-22(18)36/h5-9,14-15H,10-13H2,1-4H3,(H2,28,29,30,31,32). The van der Waals surface area contributed by atoms with E-state index in [9.17, 15) is 19.2 Å². The van der Waals surface area contributed by atoms with Crippen LogP contribution in [0.1, 0.15) is 53.4 Å². The number of carbonyl (C=O) groups is 4. The van der Waals surface area contributed by atoms with Crippen LogP contribution in [0.15, 0.2) is 53.9 Å². The van der Waals surface area contributed by atoms with Gasteiger partial charge in [0.15, 0.2) is 29.0 Å². The van der Waals surface area contributed by atoms with Crippen LogP contribution in [0.4, 0.5) is 11.9 Å².